The first kappa shape index (κ1) is 24.5. The molecule has 186 valence electrons. The van der Waals surface area contributed by atoms with Gasteiger partial charge in [0.2, 0.25) is 0 Å². The Hall–Kier alpha value is -3.63. The lowest BCUT2D eigenvalue weighted by Gasteiger charge is -2.49. The minimum atomic E-state index is -1.27. The number of aliphatic hydroxyl groups excluding tert-OH is 1. The van der Waals surface area contributed by atoms with Crippen LogP contribution in [0.1, 0.15) is 5.69 Å². The highest BCUT2D eigenvalue weighted by molar-refractivity contribution is 8.00. The highest BCUT2D eigenvalue weighted by Gasteiger charge is 2.54. The summed E-state index contributed by atoms with van der Waals surface area (Å²) in [4.78, 5) is 47.8. The molecule has 0 saturated carbocycles. The van der Waals surface area contributed by atoms with Crippen LogP contribution in [0.3, 0.4) is 0 Å². The fourth-order valence-electron chi connectivity index (χ4n) is 3.85. The van der Waals surface area contributed by atoms with Gasteiger partial charge < -0.3 is 26.1 Å². The van der Waals surface area contributed by atoms with Crippen LogP contribution in [0, 0.1) is 5.41 Å². The second-order valence-electron chi connectivity index (χ2n) is 7.46. The van der Waals surface area contributed by atoms with E-state index in [-0.39, 0.29) is 53.2 Å². The van der Waals surface area contributed by atoms with E-state index in [1.165, 1.54) is 35.0 Å². The van der Waals surface area contributed by atoms with Crippen molar-refractivity contribution in [2.24, 2.45) is 5.16 Å². The number of nitrogens with zero attached hydrogens (tertiary/aromatic N) is 5. The van der Waals surface area contributed by atoms with Crippen molar-refractivity contribution in [1.82, 2.24) is 24.6 Å². The van der Waals surface area contributed by atoms with Gasteiger partial charge in [-0.05, 0) is 11.6 Å². The first-order chi connectivity index (χ1) is 16.8. The van der Waals surface area contributed by atoms with Gasteiger partial charge in [0, 0.05) is 17.3 Å². The molecule has 2 aliphatic heterocycles. The predicted molar refractivity (Wildman–Crippen MR) is 125 cm³/mol. The molecule has 0 spiro atoms. The van der Waals surface area contributed by atoms with E-state index < -0.39 is 29.2 Å². The summed E-state index contributed by atoms with van der Waals surface area (Å²) in [6.07, 6.45) is 1.62. The number of oxime groups is 1. The largest absolute Gasteiger partial charge is 0.477 e. The van der Waals surface area contributed by atoms with E-state index >= 15 is 0 Å². The van der Waals surface area contributed by atoms with Gasteiger partial charge in [0.15, 0.2) is 10.8 Å². The lowest BCUT2D eigenvalue weighted by atomic mass is 10.0. The summed E-state index contributed by atoms with van der Waals surface area (Å²) in [6.45, 7) is 0.108. The number of aliphatic hydroxyl groups is 1. The average Bonchev–Trinajstić information content (AvgIpc) is 3.41. The van der Waals surface area contributed by atoms with E-state index in [4.69, 9.17) is 16.0 Å². The maximum absolute atomic E-state index is 13.0. The molecule has 16 heteroatoms. The summed E-state index contributed by atoms with van der Waals surface area (Å²) >= 11 is 2.43. The van der Waals surface area contributed by atoms with Gasteiger partial charge in [-0.3, -0.25) is 29.3 Å². The lowest BCUT2D eigenvalue weighted by Crippen LogP contribution is -2.71. The van der Waals surface area contributed by atoms with Crippen LogP contribution in [0.2, 0.25) is 0 Å². The standard InChI is InChI=1S/C19H22N8O6S2/c1-33-24-12(10-8-35-19(21)22-10)15(29)23-13-16(30)27-14(18(31)32)9(7-34-17(13)27)6-25-3-2-11(20)26(25)4-5-28/h2-3,8,13,17,20,28H,4-7H2,1H3,(H2,21,22)(H,23,29)(H,31,32)/t13-,17-/m0/s1. The first-order valence-corrected chi connectivity index (χ1v) is 12.1. The molecule has 0 radical (unpaired) electrons. The second kappa shape index (κ2) is 9.93. The van der Waals surface area contributed by atoms with Crippen LogP contribution < -0.4 is 16.5 Å². The molecule has 2 amide bonds. The Kier molecular flexibility index (Phi) is 6.95. The fraction of sp³-hybridized carbons (Fsp3) is 0.368. The van der Waals surface area contributed by atoms with Crippen LogP contribution >= 0.6 is 23.1 Å². The van der Waals surface area contributed by atoms with Gasteiger partial charge in [0.1, 0.15) is 35.4 Å². The monoisotopic (exact) mass is 522 g/mol. The molecule has 0 aromatic carbocycles. The van der Waals surface area contributed by atoms with Crippen molar-refractivity contribution in [3.05, 3.63) is 40.1 Å². The molecule has 14 nitrogen and oxygen atoms in total. The van der Waals surface area contributed by atoms with E-state index in [1.807, 2.05) is 0 Å². The van der Waals surface area contributed by atoms with Crippen molar-refractivity contribution in [3.8, 4) is 0 Å². The summed E-state index contributed by atoms with van der Waals surface area (Å²) < 4.78 is 3.13. The molecule has 2 atom stereocenters. The average molecular weight is 523 g/mol. The van der Waals surface area contributed by atoms with E-state index in [1.54, 1.807) is 10.9 Å². The van der Waals surface area contributed by atoms with Crippen LogP contribution in [0.15, 0.2) is 34.1 Å². The Balaban J connectivity index is 1.55. The number of carbonyl (C=O) groups is 3. The van der Waals surface area contributed by atoms with Gasteiger partial charge in [0.05, 0.1) is 19.7 Å². The SMILES string of the molecule is CON=C(C(=O)N[C@H]1C(=O)N2C(C(=O)O)=C(Cn3ccc(=N)n3CCO)CS[C@@H]12)c1csc(N)n1. The Morgan fingerprint density at radius 2 is 2.23 bits per heavy atom. The second-order valence-corrected chi connectivity index (χ2v) is 9.45. The zero-order valence-corrected chi connectivity index (χ0v) is 20.0. The number of aliphatic carboxylic acids is 1. The van der Waals surface area contributed by atoms with Crippen molar-refractivity contribution >= 4 is 51.7 Å². The Labute approximate surface area is 206 Å². The Bertz CT molecular complexity index is 1290. The van der Waals surface area contributed by atoms with Crippen molar-refractivity contribution in [2.75, 3.05) is 25.2 Å². The van der Waals surface area contributed by atoms with Gasteiger partial charge in [-0.25, -0.2) is 9.78 Å². The van der Waals surface area contributed by atoms with E-state index in [0.29, 0.717) is 5.57 Å². The maximum Gasteiger partial charge on any atom is 0.352 e. The molecule has 4 heterocycles. The Morgan fingerprint density at radius 3 is 2.86 bits per heavy atom. The number of aromatic nitrogens is 3. The number of carboxylic acid groups (broad SMARTS) is 1. The molecule has 35 heavy (non-hydrogen) atoms. The highest BCUT2D eigenvalue weighted by atomic mass is 32.2. The van der Waals surface area contributed by atoms with Crippen molar-refractivity contribution in [1.29, 1.82) is 5.41 Å². The number of β-lactam (4-membered cyclic amide) rings is 1. The number of fused-ring (bicyclic) bond motifs is 1. The summed E-state index contributed by atoms with van der Waals surface area (Å²) in [5.41, 5.74) is 6.14. The number of anilines is 1. The molecule has 0 unspecified atom stereocenters. The quantitative estimate of drug-likeness (QED) is 0.149. The molecule has 2 aliphatic rings. The summed E-state index contributed by atoms with van der Waals surface area (Å²) in [6, 6.07) is 0.567. The molecule has 4 rings (SSSR count). The molecular formula is C19H22N8O6S2. The molecule has 0 aliphatic carbocycles. The van der Waals surface area contributed by atoms with E-state index in [9.17, 15) is 24.6 Å². The predicted octanol–water partition coefficient (Wildman–Crippen LogP) is -1.41. The number of thioether (sulfide) groups is 1. The Morgan fingerprint density at radius 1 is 1.46 bits per heavy atom. The normalized spacial score (nSPS) is 19.9. The van der Waals surface area contributed by atoms with Crippen LogP contribution in [0.25, 0.3) is 0 Å². The van der Waals surface area contributed by atoms with Crippen LogP contribution in [-0.2, 0) is 32.3 Å². The number of nitrogens with two attached hydrogens (primary N) is 1. The number of hydrogen-bond donors (Lipinski definition) is 5. The van der Waals surface area contributed by atoms with E-state index in [2.05, 4.69) is 15.5 Å². The molecule has 2 aromatic heterocycles. The molecule has 2 aromatic rings. The number of thiazole rings is 1. The molecular weight excluding hydrogens is 500 g/mol. The van der Waals surface area contributed by atoms with Gasteiger partial charge in [-0.1, -0.05) is 5.16 Å². The van der Waals surface area contributed by atoms with Gasteiger partial charge in [-0.2, -0.15) is 0 Å². The number of amides is 2. The minimum Gasteiger partial charge on any atom is -0.477 e. The van der Waals surface area contributed by atoms with Gasteiger partial charge in [0.25, 0.3) is 11.8 Å². The van der Waals surface area contributed by atoms with Crippen molar-refractivity contribution in [3.63, 3.8) is 0 Å². The van der Waals surface area contributed by atoms with Crippen molar-refractivity contribution < 1.29 is 29.4 Å². The number of nitrogens with one attached hydrogen (secondary N) is 2. The zero-order valence-electron chi connectivity index (χ0n) is 18.4. The third kappa shape index (κ3) is 4.54. The third-order valence-corrected chi connectivity index (χ3v) is 7.37. The van der Waals surface area contributed by atoms with Crippen LogP contribution in [-0.4, -0.2) is 83.8 Å². The maximum atomic E-state index is 13.0. The molecule has 1 fully saturated rings. The number of nitrogen functional groups attached to an aromatic ring is 1. The first-order valence-electron chi connectivity index (χ1n) is 10.2. The minimum absolute atomic E-state index is 0.122. The summed E-state index contributed by atoms with van der Waals surface area (Å²) in [5, 5.41) is 34.5. The van der Waals surface area contributed by atoms with Crippen molar-refractivity contribution in [2.45, 2.75) is 24.5 Å². The molecule has 6 N–H and O–H groups in total. The fourth-order valence-corrected chi connectivity index (χ4v) is 5.73. The number of carbonyl (C=O) groups excluding carboxylic acids is 2. The number of hydrogen-bond acceptors (Lipinski definition) is 11. The van der Waals surface area contributed by atoms with Gasteiger partial charge in [-0.15, -0.1) is 23.1 Å². The summed E-state index contributed by atoms with van der Waals surface area (Å²) in [7, 11) is 1.26. The lowest BCUT2D eigenvalue weighted by molar-refractivity contribution is -0.150. The van der Waals surface area contributed by atoms with E-state index in [0.717, 1.165) is 16.2 Å². The van der Waals surface area contributed by atoms with Crippen LogP contribution in [0.4, 0.5) is 5.13 Å². The van der Waals surface area contributed by atoms with Crippen LogP contribution in [0.5, 0.6) is 0 Å². The third-order valence-electron chi connectivity index (χ3n) is 5.36. The topological polar surface area (TPSA) is 201 Å². The highest BCUT2D eigenvalue weighted by Crippen LogP contribution is 2.40. The zero-order chi connectivity index (χ0) is 25.3. The number of carboxylic acids is 1. The smallest absolute Gasteiger partial charge is 0.352 e. The molecule has 0 bridgehead atoms. The molecule has 1 saturated heterocycles. The summed E-state index contributed by atoms with van der Waals surface area (Å²) in [5.74, 6) is -2.26. The van der Waals surface area contributed by atoms with Gasteiger partial charge >= 0.3 is 5.97 Å². The number of rotatable bonds is 9.